The maximum Gasteiger partial charge on any atom is 0.416 e. The Labute approximate surface area is 93.4 Å². The summed E-state index contributed by atoms with van der Waals surface area (Å²) < 4.78 is 41.7. The molecule has 90 valence electrons. The van der Waals surface area contributed by atoms with Crippen LogP contribution in [0.4, 0.5) is 13.2 Å². The number of benzene rings is 1. The first-order chi connectivity index (χ1) is 7.93. The van der Waals surface area contributed by atoms with Crippen molar-refractivity contribution in [2.24, 2.45) is 0 Å². The zero-order valence-electron chi connectivity index (χ0n) is 8.63. The van der Waals surface area contributed by atoms with Crippen molar-refractivity contribution >= 4 is 16.9 Å². The van der Waals surface area contributed by atoms with Crippen LogP contribution in [0.1, 0.15) is 16.1 Å². The van der Waals surface area contributed by atoms with Gasteiger partial charge in [-0.15, -0.1) is 0 Å². The Bertz CT molecular complexity index is 574. The number of esters is 1. The number of H-pyrrole nitrogens is 1. The van der Waals surface area contributed by atoms with E-state index in [-0.39, 0.29) is 11.2 Å². The third-order valence-electron chi connectivity index (χ3n) is 2.27. The van der Waals surface area contributed by atoms with E-state index in [2.05, 4.69) is 14.9 Å². The Balaban J connectivity index is 2.56. The van der Waals surface area contributed by atoms with Gasteiger partial charge in [-0.1, -0.05) is 0 Å². The fraction of sp³-hybridized carbons (Fsp3) is 0.200. The molecule has 4 nitrogen and oxygen atoms in total. The smallest absolute Gasteiger partial charge is 0.416 e. The minimum atomic E-state index is -4.43. The van der Waals surface area contributed by atoms with E-state index in [1.54, 1.807) is 0 Å². The first kappa shape index (κ1) is 11.4. The van der Waals surface area contributed by atoms with Gasteiger partial charge in [-0.2, -0.15) is 18.3 Å². The highest BCUT2D eigenvalue weighted by Gasteiger charge is 2.31. The number of nitrogens with zero attached hydrogens (tertiary/aromatic N) is 1. The largest absolute Gasteiger partial charge is 0.464 e. The molecule has 17 heavy (non-hydrogen) atoms. The van der Waals surface area contributed by atoms with Crippen LogP contribution in [0.5, 0.6) is 0 Å². The van der Waals surface area contributed by atoms with Crippen LogP contribution in [-0.4, -0.2) is 23.3 Å². The second-order valence-electron chi connectivity index (χ2n) is 3.32. The first-order valence-corrected chi connectivity index (χ1v) is 4.57. The van der Waals surface area contributed by atoms with Gasteiger partial charge in [-0.3, -0.25) is 5.10 Å². The van der Waals surface area contributed by atoms with Gasteiger partial charge in [-0.25, -0.2) is 4.79 Å². The number of fused-ring (bicyclic) bond motifs is 1. The number of alkyl halides is 3. The third kappa shape index (κ3) is 1.95. The van der Waals surface area contributed by atoms with Gasteiger partial charge in [0.2, 0.25) is 0 Å². The van der Waals surface area contributed by atoms with E-state index in [1.165, 1.54) is 13.2 Å². The second kappa shape index (κ2) is 3.76. The number of hydrogen-bond donors (Lipinski definition) is 1. The molecule has 7 heteroatoms. The van der Waals surface area contributed by atoms with Crippen molar-refractivity contribution in [3.8, 4) is 0 Å². The topological polar surface area (TPSA) is 55.0 Å². The zero-order valence-corrected chi connectivity index (χ0v) is 8.63. The van der Waals surface area contributed by atoms with Crippen molar-refractivity contribution in [3.63, 3.8) is 0 Å². The summed E-state index contributed by atoms with van der Waals surface area (Å²) in [6.07, 6.45) is -4.43. The highest BCUT2D eigenvalue weighted by molar-refractivity contribution is 6.01. The molecule has 1 aromatic heterocycles. The molecule has 0 saturated heterocycles. The van der Waals surface area contributed by atoms with Gasteiger partial charge in [0.25, 0.3) is 0 Å². The predicted octanol–water partition coefficient (Wildman–Crippen LogP) is 2.37. The van der Waals surface area contributed by atoms with E-state index in [4.69, 9.17) is 0 Å². The number of halogens is 3. The molecule has 1 aromatic carbocycles. The van der Waals surface area contributed by atoms with Gasteiger partial charge in [0.15, 0.2) is 5.69 Å². The molecule has 1 N–H and O–H groups in total. The molecule has 0 aliphatic heterocycles. The highest BCUT2D eigenvalue weighted by atomic mass is 19.4. The van der Waals surface area contributed by atoms with Gasteiger partial charge < -0.3 is 4.74 Å². The Hall–Kier alpha value is -2.05. The number of nitrogens with one attached hydrogen (secondary N) is 1. The molecule has 0 fully saturated rings. The number of aromatic nitrogens is 2. The Morgan fingerprint density at radius 1 is 1.41 bits per heavy atom. The molecule has 0 aliphatic carbocycles. The molecule has 0 radical (unpaired) electrons. The lowest BCUT2D eigenvalue weighted by Gasteiger charge is -2.05. The first-order valence-electron chi connectivity index (χ1n) is 4.57. The van der Waals surface area contributed by atoms with E-state index in [9.17, 15) is 18.0 Å². The molecular formula is C10H7F3N2O2. The monoisotopic (exact) mass is 244 g/mol. The van der Waals surface area contributed by atoms with Crippen molar-refractivity contribution in [2.75, 3.05) is 7.11 Å². The molecule has 0 aliphatic rings. The Morgan fingerprint density at radius 2 is 2.12 bits per heavy atom. The van der Waals surface area contributed by atoms with Crippen LogP contribution in [0.25, 0.3) is 10.9 Å². The summed E-state index contributed by atoms with van der Waals surface area (Å²) in [4.78, 5) is 11.2. The maximum absolute atomic E-state index is 12.4. The summed E-state index contributed by atoms with van der Waals surface area (Å²) in [6.45, 7) is 0. The van der Waals surface area contributed by atoms with Crippen LogP contribution in [0.2, 0.25) is 0 Å². The van der Waals surface area contributed by atoms with E-state index in [1.807, 2.05) is 0 Å². The van der Waals surface area contributed by atoms with Gasteiger partial charge in [0.1, 0.15) is 0 Å². The quantitative estimate of drug-likeness (QED) is 0.783. The molecule has 0 spiro atoms. The normalized spacial score (nSPS) is 11.8. The lowest BCUT2D eigenvalue weighted by molar-refractivity contribution is -0.137. The lowest BCUT2D eigenvalue weighted by atomic mass is 10.1. The number of carbonyl (C=O) groups is 1. The predicted molar refractivity (Wildman–Crippen MR) is 52.4 cm³/mol. The van der Waals surface area contributed by atoms with Crippen molar-refractivity contribution in [1.29, 1.82) is 0 Å². The summed E-state index contributed by atoms with van der Waals surface area (Å²) in [7, 11) is 1.17. The molecule has 0 bridgehead atoms. The number of hydrogen-bond acceptors (Lipinski definition) is 3. The Morgan fingerprint density at radius 3 is 2.71 bits per heavy atom. The van der Waals surface area contributed by atoms with E-state index in [0.717, 1.165) is 12.1 Å². The van der Waals surface area contributed by atoms with Crippen molar-refractivity contribution in [1.82, 2.24) is 10.2 Å². The van der Waals surface area contributed by atoms with E-state index in [0.29, 0.717) is 5.39 Å². The molecule has 0 saturated carbocycles. The molecule has 2 aromatic rings. The third-order valence-corrected chi connectivity index (χ3v) is 2.27. The van der Waals surface area contributed by atoms with Crippen molar-refractivity contribution < 1.29 is 22.7 Å². The minimum absolute atomic E-state index is 0.0313. The van der Waals surface area contributed by atoms with Crippen molar-refractivity contribution in [3.05, 3.63) is 29.5 Å². The number of aromatic amines is 1. The molecule has 1 heterocycles. The van der Waals surface area contributed by atoms with E-state index >= 15 is 0 Å². The van der Waals surface area contributed by atoms with Crippen LogP contribution < -0.4 is 0 Å². The minimum Gasteiger partial charge on any atom is -0.464 e. The molecule has 0 amide bonds. The summed E-state index contributed by atoms with van der Waals surface area (Å²) in [5.74, 6) is -0.698. The summed E-state index contributed by atoms with van der Waals surface area (Å²) in [6, 6.07) is 2.98. The van der Waals surface area contributed by atoms with Crippen LogP contribution in [0, 0.1) is 0 Å². The SMILES string of the molecule is COC(=O)c1n[nH]c2cc(C(F)(F)F)ccc12. The number of carbonyl (C=O) groups excluding carboxylic acids is 1. The Kier molecular flexibility index (Phi) is 2.53. The maximum atomic E-state index is 12.4. The molecular weight excluding hydrogens is 237 g/mol. The average molecular weight is 244 g/mol. The summed E-state index contributed by atoms with van der Waals surface area (Å²) >= 11 is 0. The average Bonchev–Trinajstić information content (AvgIpc) is 2.69. The van der Waals surface area contributed by atoms with Crippen molar-refractivity contribution in [2.45, 2.75) is 6.18 Å². The van der Waals surface area contributed by atoms with Gasteiger partial charge in [0.05, 0.1) is 18.2 Å². The number of methoxy groups -OCH3 is 1. The highest BCUT2D eigenvalue weighted by Crippen LogP contribution is 2.31. The van der Waals surface area contributed by atoms with Gasteiger partial charge in [0, 0.05) is 5.39 Å². The van der Waals surface area contributed by atoms with Crippen LogP contribution in [-0.2, 0) is 10.9 Å². The van der Waals surface area contributed by atoms with Crippen LogP contribution in [0.3, 0.4) is 0 Å². The fourth-order valence-electron chi connectivity index (χ4n) is 1.45. The fourth-order valence-corrected chi connectivity index (χ4v) is 1.45. The molecule has 2 rings (SSSR count). The van der Waals surface area contributed by atoms with Crippen LogP contribution in [0.15, 0.2) is 18.2 Å². The standard InChI is InChI=1S/C10H7F3N2O2/c1-17-9(16)8-6-3-2-5(10(11,12)13)4-7(6)14-15-8/h2-4H,1H3,(H,14,15). The summed E-state index contributed by atoms with van der Waals surface area (Å²) in [5.41, 5.74) is -0.693. The summed E-state index contributed by atoms with van der Waals surface area (Å²) in [5, 5.41) is 6.28. The molecule has 0 atom stereocenters. The second-order valence-corrected chi connectivity index (χ2v) is 3.32. The number of rotatable bonds is 1. The molecule has 0 unspecified atom stereocenters. The van der Waals surface area contributed by atoms with Crippen LogP contribution >= 0.6 is 0 Å². The zero-order chi connectivity index (χ0) is 12.6. The van der Waals surface area contributed by atoms with E-state index < -0.39 is 17.7 Å². The van der Waals surface area contributed by atoms with Gasteiger partial charge in [-0.05, 0) is 18.2 Å². The number of ether oxygens (including phenoxy) is 1. The lowest BCUT2D eigenvalue weighted by Crippen LogP contribution is -2.04. The van der Waals surface area contributed by atoms with Gasteiger partial charge >= 0.3 is 12.1 Å².